The number of aromatic nitrogens is 2. The molecule has 0 fully saturated rings. The minimum absolute atomic E-state index is 0.0163. The number of carbonyl (C=O) groups is 1. The molecule has 1 rings (SSSR count). The highest BCUT2D eigenvalue weighted by Crippen LogP contribution is 2.16. The Balaban J connectivity index is 2.61. The van der Waals surface area contributed by atoms with Crippen LogP contribution in [0.3, 0.4) is 0 Å². The monoisotopic (exact) mass is 264 g/mol. The van der Waals surface area contributed by atoms with Crippen molar-refractivity contribution in [3.05, 3.63) is 17.6 Å². The highest BCUT2D eigenvalue weighted by molar-refractivity contribution is 5.72. The van der Waals surface area contributed by atoms with Crippen LogP contribution in [0.4, 0.5) is 5.82 Å². The molecule has 106 valence electrons. The number of carbonyl (C=O) groups excluding carboxylic acids is 1. The van der Waals surface area contributed by atoms with Gasteiger partial charge in [0.05, 0.1) is 0 Å². The van der Waals surface area contributed by atoms with E-state index in [2.05, 4.69) is 34.0 Å². The maximum atomic E-state index is 10.8. The fourth-order valence-electron chi connectivity index (χ4n) is 1.72. The third kappa shape index (κ3) is 5.24. The summed E-state index contributed by atoms with van der Waals surface area (Å²) < 4.78 is 0. The minimum atomic E-state index is 0.0163. The molecule has 1 N–H and O–H groups in total. The molecule has 1 heterocycles. The van der Waals surface area contributed by atoms with E-state index in [0.717, 1.165) is 30.3 Å². The molecule has 0 saturated carbocycles. The largest absolute Gasteiger partial charge is 0.359 e. The molecule has 0 radical (unpaired) electrons. The molecule has 19 heavy (non-hydrogen) atoms. The molecule has 0 spiro atoms. The quantitative estimate of drug-likeness (QED) is 0.797. The van der Waals surface area contributed by atoms with Crippen molar-refractivity contribution in [3.63, 3.8) is 0 Å². The molecular weight excluding hydrogens is 240 g/mol. The summed E-state index contributed by atoms with van der Waals surface area (Å²) in [6.07, 6.45) is 0.899. The van der Waals surface area contributed by atoms with E-state index in [0.29, 0.717) is 12.5 Å². The van der Waals surface area contributed by atoms with Crippen LogP contribution >= 0.6 is 0 Å². The van der Waals surface area contributed by atoms with Gasteiger partial charge in [-0.3, -0.25) is 4.79 Å². The van der Waals surface area contributed by atoms with Crippen LogP contribution < -0.4 is 10.2 Å². The SMILES string of the molecule is CC(=O)NCCCN(C)c1cc(C)nc(C(C)C)n1. The highest BCUT2D eigenvalue weighted by atomic mass is 16.1. The molecule has 1 amide bonds. The smallest absolute Gasteiger partial charge is 0.216 e. The Morgan fingerprint density at radius 2 is 2.11 bits per heavy atom. The van der Waals surface area contributed by atoms with E-state index in [9.17, 15) is 4.79 Å². The van der Waals surface area contributed by atoms with Crippen molar-refractivity contribution >= 4 is 11.7 Å². The van der Waals surface area contributed by atoms with Gasteiger partial charge in [-0.25, -0.2) is 9.97 Å². The lowest BCUT2D eigenvalue weighted by atomic mass is 10.2. The van der Waals surface area contributed by atoms with Gasteiger partial charge in [0.1, 0.15) is 11.6 Å². The number of hydrogen-bond donors (Lipinski definition) is 1. The second-order valence-corrected chi connectivity index (χ2v) is 5.14. The highest BCUT2D eigenvalue weighted by Gasteiger charge is 2.09. The lowest BCUT2D eigenvalue weighted by molar-refractivity contribution is -0.118. The Bertz CT molecular complexity index is 431. The first-order chi connectivity index (χ1) is 8.90. The van der Waals surface area contributed by atoms with E-state index in [1.54, 1.807) is 0 Å². The number of hydrogen-bond acceptors (Lipinski definition) is 4. The Morgan fingerprint density at radius 3 is 2.68 bits per heavy atom. The zero-order chi connectivity index (χ0) is 14.4. The van der Waals surface area contributed by atoms with E-state index in [4.69, 9.17) is 0 Å². The van der Waals surface area contributed by atoms with Gasteiger partial charge in [0.25, 0.3) is 0 Å². The maximum absolute atomic E-state index is 10.8. The van der Waals surface area contributed by atoms with E-state index in [1.165, 1.54) is 6.92 Å². The van der Waals surface area contributed by atoms with Gasteiger partial charge >= 0.3 is 0 Å². The number of aryl methyl sites for hydroxylation is 1. The molecule has 0 saturated heterocycles. The van der Waals surface area contributed by atoms with Crippen molar-refractivity contribution in [2.75, 3.05) is 25.0 Å². The van der Waals surface area contributed by atoms with E-state index >= 15 is 0 Å². The van der Waals surface area contributed by atoms with Gasteiger partial charge in [0, 0.05) is 44.7 Å². The van der Waals surface area contributed by atoms with Crippen LogP contribution in [0.2, 0.25) is 0 Å². The van der Waals surface area contributed by atoms with Crippen molar-refractivity contribution in [3.8, 4) is 0 Å². The molecule has 0 bridgehead atoms. The van der Waals surface area contributed by atoms with Crippen molar-refractivity contribution in [2.24, 2.45) is 0 Å². The van der Waals surface area contributed by atoms with Crippen molar-refractivity contribution < 1.29 is 4.79 Å². The summed E-state index contributed by atoms with van der Waals surface area (Å²) in [5.41, 5.74) is 0.988. The third-order valence-electron chi connectivity index (χ3n) is 2.81. The van der Waals surface area contributed by atoms with Crippen molar-refractivity contribution in [2.45, 2.75) is 40.0 Å². The second-order valence-electron chi connectivity index (χ2n) is 5.14. The first kappa shape index (κ1) is 15.4. The fourth-order valence-corrected chi connectivity index (χ4v) is 1.72. The van der Waals surface area contributed by atoms with Gasteiger partial charge in [0.15, 0.2) is 0 Å². The van der Waals surface area contributed by atoms with Crippen LogP contribution in [0.5, 0.6) is 0 Å². The van der Waals surface area contributed by atoms with Crippen LogP contribution in [0.15, 0.2) is 6.07 Å². The predicted molar refractivity (Wildman–Crippen MR) is 77.4 cm³/mol. The summed E-state index contributed by atoms with van der Waals surface area (Å²) in [6.45, 7) is 9.26. The van der Waals surface area contributed by atoms with E-state index in [1.807, 2.05) is 20.0 Å². The number of nitrogens with one attached hydrogen (secondary N) is 1. The van der Waals surface area contributed by atoms with Crippen LogP contribution in [-0.4, -0.2) is 36.0 Å². The minimum Gasteiger partial charge on any atom is -0.359 e. The summed E-state index contributed by atoms with van der Waals surface area (Å²) in [6, 6.07) is 1.99. The summed E-state index contributed by atoms with van der Waals surface area (Å²) >= 11 is 0. The molecule has 5 nitrogen and oxygen atoms in total. The van der Waals surface area contributed by atoms with Crippen molar-refractivity contribution in [1.29, 1.82) is 0 Å². The normalized spacial score (nSPS) is 10.6. The Labute approximate surface area is 115 Å². The third-order valence-corrected chi connectivity index (χ3v) is 2.81. The first-order valence-electron chi connectivity index (χ1n) is 6.71. The van der Waals surface area contributed by atoms with Gasteiger partial charge in [-0.15, -0.1) is 0 Å². The molecule has 0 unspecified atom stereocenters. The molecule has 0 aromatic carbocycles. The zero-order valence-electron chi connectivity index (χ0n) is 12.5. The van der Waals surface area contributed by atoms with Gasteiger partial charge in [-0.2, -0.15) is 0 Å². The fraction of sp³-hybridized carbons (Fsp3) is 0.643. The molecule has 0 aliphatic carbocycles. The first-order valence-corrected chi connectivity index (χ1v) is 6.71. The molecule has 0 aliphatic heterocycles. The Morgan fingerprint density at radius 1 is 1.42 bits per heavy atom. The second kappa shape index (κ2) is 7.07. The standard InChI is InChI=1S/C14H24N4O/c1-10(2)14-16-11(3)9-13(17-14)18(5)8-6-7-15-12(4)19/h9-10H,6-8H2,1-5H3,(H,15,19). The topological polar surface area (TPSA) is 58.1 Å². The lowest BCUT2D eigenvalue weighted by Crippen LogP contribution is -2.27. The summed E-state index contributed by atoms with van der Waals surface area (Å²) in [5, 5.41) is 2.79. The Hall–Kier alpha value is -1.65. The van der Waals surface area contributed by atoms with Gasteiger partial charge in [0.2, 0.25) is 5.91 Å². The number of amides is 1. The van der Waals surface area contributed by atoms with Gasteiger partial charge < -0.3 is 10.2 Å². The predicted octanol–water partition coefficient (Wildman–Crippen LogP) is 1.87. The van der Waals surface area contributed by atoms with Gasteiger partial charge in [-0.1, -0.05) is 13.8 Å². The van der Waals surface area contributed by atoms with Gasteiger partial charge in [-0.05, 0) is 13.3 Å². The summed E-state index contributed by atoms with van der Waals surface area (Å²) in [5.74, 6) is 2.16. The Kier molecular flexibility index (Phi) is 5.73. The van der Waals surface area contributed by atoms with E-state index in [-0.39, 0.29) is 5.91 Å². The van der Waals surface area contributed by atoms with Crippen molar-refractivity contribution in [1.82, 2.24) is 15.3 Å². The molecule has 1 aromatic rings. The van der Waals surface area contributed by atoms with Crippen LogP contribution in [0, 0.1) is 6.92 Å². The average molecular weight is 264 g/mol. The molecule has 1 aromatic heterocycles. The molecule has 5 heteroatoms. The van der Waals surface area contributed by atoms with Crippen LogP contribution in [0.1, 0.15) is 44.6 Å². The average Bonchev–Trinajstić information content (AvgIpc) is 2.33. The van der Waals surface area contributed by atoms with Crippen LogP contribution in [-0.2, 0) is 4.79 Å². The molecular formula is C14H24N4O. The molecule has 0 aliphatic rings. The van der Waals surface area contributed by atoms with E-state index < -0.39 is 0 Å². The van der Waals surface area contributed by atoms with Crippen LogP contribution in [0.25, 0.3) is 0 Å². The lowest BCUT2D eigenvalue weighted by Gasteiger charge is -2.19. The molecule has 0 atom stereocenters. The maximum Gasteiger partial charge on any atom is 0.216 e. The summed E-state index contributed by atoms with van der Waals surface area (Å²) in [4.78, 5) is 21.9. The summed E-state index contributed by atoms with van der Waals surface area (Å²) in [7, 11) is 2.01. The number of anilines is 1. The number of rotatable bonds is 6. The zero-order valence-corrected chi connectivity index (χ0v) is 12.5. The number of nitrogens with zero attached hydrogens (tertiary/aromatic N) is 3.